The number of hydrogen-bond donors (Lipinski definition) is 3. The van der Waals surface area contributed by atoms with Gasteiger partial charge in [0.2, 0.25) is 0 Å². The molecular formula is C23H23NO2S2. The molecule has 0 aliphatic rings. The third-order valence-corrected chi connectivity index (χ3v) is 5.31. The van der Waals surface area contributed by atoms with Gasteiger partial charge in [-0.3, -0.25) is 4.79 Å². The summed E-state index contributed by atoms with van der Waals surface area (Å²) in [6, 6.07) is 17.9. The van der Waals surface area contributed by atoms with Crippen LogP contribution in [0.2, 0.25) is 0 Å². The van der Waals surface area contributed by atoms with Crippen LogP contribution >= 0.6 is 25.3 Å². The Labute approximate surface area is 176 Å². The summed E-state index contributed by atoms with van der Waals surface area (Å²) in [5.41, 5.74) is 12.8. The van der Waals surface area contributed by atoms with E-state index in [-0.39, 0.29) is 12.4 Å². The number of para-hydroxylation sites is 1. The van der Waals surface area contributed by atoms with Crippen LogP contribution in [0.3, 0.4) is 0 Å². The second-order valence-electron chi connectivity index (χ2n) is 6.62. The average Bonchev–Trinajstić information content (AvgIpc) is 2.65. The quantitative estimate of drug-likeness (QED) is 0.292. The van der Waals surface area contributed by atoms with Gasteiger partial charge in [-0.1, -0.05) is 36.4 Å². The fraction of sp³-hybridized carbons (Fsp3) is 0.174. The maximum absolute atomic E-state index is 12.0. The molecule has 0 saturated heterocycles. The first kappa shape index (κ1) is 20.4. The van der Waals surface area contributed by atoms with E-state index < -0.39 is 0 Å². The van der Waals surface area contributed by atoms with Crippen molar-refractivity contribution >= 4 is 36.9 Å². The number of hydrogen-bond acceptors (Lipinski definition) is 5. The van der Waals surface area contributed by atoms with E-state index in [0.29, 0.717) is 17.2 Å². The van der Waals surface area contributed by atoms with Crippen LogP contribution in [0.1, 0.15) is 18.1 Å². The Bertz CT molecular complexity index is 1030. The summed E-state index contributed by atoms with van der Waals surface area (Å²) in [5.74, 6) is -0.248. The minimum Gasteiger partial charge on any atom is -0.466 e. The Morgan fingerprint density at radius 1 is 0.929 bits per heavy atom. The molecule has 0 saturated carbocycles. The van der Waals surface area contributed by atoms with Gasteiger partial charge in [0.25, 0.3) is 0 Å². The van der Waals surface area contributed by atoms with Crippen LogP contribution in [0.5, 0.6) is 0 Å². The maximum Gasteiger partial charge on any atom is 0.310 e. The van der Waals surface area contributed by atoms with E-state index in [1.54, 1.807) is 6.92 Å². The van der Waals surface area contributed by atoms with Crippen molar-refractivity contribution in [1.82, 2.24) is 0 Å². The molecule has 144 valence electrons. The van der Waals surface area contributed by atoms with E-state index >= 15 is 0 Å². The molecule has 28 heavy (non-hydrogen) atoms. The predicted molar refractivity (Wildman–Crippen MR) is 121 cm³/mol. The van der Waals surface area contributed by atoms with E-state index in [1.807, 2.05) is 49.4 Å². The van der Waals surface area contributed by atoms with E-state index in [9.17, 15) is 4.79 Å². The lowest BCUT2D eigenvalue weighted by molar-refractivity contribution is -0.142. The monoisotopic (exact) mass is 409 g/mol. The Kier molecular flexibility index (Phi) is 6.37. The van der Waals surface area contributed by atoms with Gasteiger partial charge in [-0.25, -0.2) is 0 Å². The predicted octanol–water partition coefficient (Wildman–Crippen LogP) is 5.59. The molecule has 3 aromatic rings. The summed E-state index contributed by atoms with van der Waals surface area (Å²) >= 11 is 9.14. The molecule has 0 unspecified atom stereocenters. The lowest BCUT2D eigenvalue weighted by Crippen LogP contribution is -2.07. The molecule has 0 amide bonds. The van der Waals surface area contributed by atoms with Crippen molar-refractivity contribution in [2.24, 2.45) is 0 Å². The van der Waals surface area contributed by atoms with Gasteiger partial charge in [-0.15, -0.1) is 25.3 Å². The number of carbonyl (C=O) groups is 1. The number of thiol groups is 2. The summed E-state index contributed by atoms with van der Waals surface area (Å²) in [6.07, 6.45) is 0.212. The summed E-state index contributed by atoms with van der Waals surface area (Å²) in [7, 11) is 0. The zero-order valence-corrected chi connectivity index (χ0v) is 17.7. The number of anilines is 1. The lowest BCUT2D eigenvalue weighted by atomic mass is 9.91. The standard InChI is InChI=1S/C23H23NO2S2/c1-3-26-22(25)13-15-8-10-16(17-9-7-14(2)11-21(17)28)19(12-15)18-5-4-6-20(27)23(18)24/h4-12,27-28H,3,13,24H2,1-2H3. The van der Waals surface area contributed by atoms with Gasteiger partial charge in [0.05, 0.1) is 18.7 Å². The van der Waals surface area contributed by atoms with Gasteiger partial charge in [-0.2, -0.15) is 0 Å². The number of rotatable bonds is 5. The number of benzene rings is 3. The van der Waals surface area contributed by atoms with Gasteiger partial charge >= 0.3 is 5.97 Å². The van der Waals surface area contributed by atoms with Crippen molar-refractivity contribution in [3.63, 3.8) is 0 Å². The SMILES string of the molecule is CCOC(=O)Cc1ccc(-c2ccc(C)cc2S)c(-c2cccc(S)c2N)c1. The third-order valence-electron chi connectivity index (χ3n) is 4.55. The smallest absolute Gasteiger partial charge is 0.310 e. The van der Waals surface area contributed by atoms with Gasteiger partial charge in [0.1, 0.15) is 0 Å². The second-order valence-corrected chi connectivity index (χ2v) is 7.58. The Balaban J connectivity index is 2.19. The molecule has 0 radical (unpaired) electrons. The first-order valence-corrected chi connectivity index (χ1v) is 9.96. The minimum atomic E-state index is -0.248. The topological polar surface area (TPSA) is 52.3 Å². The fourth-order valence-corrected chi connectivity index (χ4v) is 3.80. The van der Waals surface area contributed by atoms with Gasteiger partial charge in [0.15, 0.2) is 0 Å². The summed E-state index contributed by atoms with van der Waals surface area (Å²) < 4.78 is 5.09. The zero-order valence-electron chi connectivity index (χ0n) is 15.9. The van der Waals surface area contributed by atoms with E-state index in [4.69, 9.17) is 10.5 Å². The summed E-state index contributed by atoms with van der Waals surface area (Å²) in [4.78, 5) is 13.6. The molecule has 3 rings (SSSR count). The average molecular weight is 410 g/mol. The molecule has 0 heterocycles. The first-order valence-electron chi connectivity index (χ1n) is 9.07. The molecule has 0 aliphatic carbocycles. The van der Waals surface area contributed by atoms with Gasteiger partial charge < -0.3 is 10.5 Å². The molecule has 2 N–H and O–H groups in total. The number of ether oxygens (including phenoxy) is 1. The number of esters is 1. The fourth-order valence-electron chi connectivity index (χ4n) is 3.20. The Morgan fingerprint density at radius 3 is 2.39 bits per heavy atom. The van der Waals surface area contributed by atoms with E-state index in [1.165, 1.54) is 0 Å². The normalized spacial score (nSPS) is 10.7. The lowest BCUT2D eigenvalue weighted by Gasteiger charge is -2.16. The highest BCUT2D eigenvalue weighted by Gasteiger charge is 2.15. The van der Waals surface area contributed by atoms with E-state index in [2.05, 4.69) is 37.4 Å². The van der Waals surface area contributed by atoms with E-state index in [0.717, 1.165) is 38.3 Å². The van der Waals surface area contributed by atoms with Crippen molar-refractivity contribution in [1.29, 1.82) is 0 Å². The molecule has 0 aromatic heterocycles. The van der Waals surface area contributed by atoms with Gasteiger partial charge in [0, 0.05) is 15.4 Å². The summed E-state index contributed by atoms with van der Waals surface area (Å²) in [6.45, 7) is 4.21. The Morgan fingerprint density at radius 2 is 1.68 bits per heavy atom. The zero-order chi connectivity index (χ0) is 20.3. The van der Waals surface area contributed by atoms with Crippen LogP contribution in [-0.4, -0.2) is 12.6 Å². The highest BCUT2D eigenvalue weighted by Crippen LogP contribution is 2.40. The number of nitrogens with two attached hydrogens (primary N) is 1. The molecule has 3 nitrogen and oxygen atoms in total. The third kappa shape index (κ3) is 4.37. The highest BCUT2D eigenvalue weighted by molar-refractivity contribution is 7.80. The molecule has 0 aliphatic heterocycles. The minimum absolute atomic E-state index is 0.212. The van der Waals surface area contributed by atoms with Crippen LogP contribution in [0.4, 0.5) is 5.69 Å². The molecule has 0 spiro atoms. The molecule has 0 fully saturated rings. The van der Waals surface area contributed by atoms with Crippen molar-refractivity contribution in [2.75, 3.05) is 12.3 Å². The van der Waals surface area contributed by atoms with Crippen LogP contribution in [0.25, 0.3) is 22.3 Å². The summed E-state index contributed by atoms with van der Waals surface area (Å²) in [5, 5.41) is 0. The van der Waals surface area contributed by atoms with Gasteiger partial charge in [-0.05, 0) is 59.9 Å². The molecule has 3 aromatic carbocycles. The second kappa shape index (κ2) is 8.76. The molecule has 0 atom stereocenters. The van der Waals surface area contributed by atoms with Crippen molar-refractivity contribution in [3.8, 4) is 22.3 Å². The van der Waals surface area contributed by atoms with Crippen molar-refractivity contribution < 1.29 is 9.53 Å². The largest absolute Gasteiger partial charge is 0.466 e. The molecular weight excluding hydrogens is 386 g/mol. The Hall–Kier alpha value is -2.37. The van der Waals surface area contributed by atoms with Crippen LogP contribution in [-0.2, 0) is 16.0 Å². The van der Waals surface area contributed by atoms with Crippen LogP contribution in [0.15, 0.2) is 64.4 Å². The molecule has 0 bridgehead atoms. The number of carbonyl (C=O) groups excluding carboxylic acids is 1. The van der Waals surface area contributed by atoms with Crippen molar-refractivity contribution in [3.05, 3.63) is 65.7 Å². The highest BCUT2D eigenvalue weighted by atomic mass is 32.1. The van der Waals surface area contributed by atoms with Crippen molar-refractivity contribution in [2.45, 2.75) is 30.1 Å². The van der Waals surface area contributed by atoms with Crippen LogP contribution < -0.4 is 5.73 Å². The number of nitrogen functional groups attached to an aromatic ring is 1. The number of aryl methyl sites for hydroxylation is 1. The molecule has 5 heteroatoms. The van der Waals surface area contributed by atoms with Crippen LogP contribution in [0, 0.1) is 6.92 Å². The maximum atomic E-state index is 12.0. The first-order chi connectivity index (χ1) is 13.4.